The average Bonchev–Trinajstić information content (AvgIpc) is 2.32. The molecule has 0 bridgehead atoms. The lowest BCUT2D eigenvalue weighted by atomic mass is 9.84. The predicted molar refractivity (Wildman–Crippen MR) is 83.1 cm³/mol. The van der Waals surface area contributed by atoms with E-state index in [2.05, 4.69) is 33.4 Å². The van der Waals surface area contributed by atoms with Crippen LogP contribution < -0.4 is 5.73 Å². The second-order valence-corrected chi connectivity index (χ2v) is 5.88. The third-order valence-corrected chi connectivity index (χ3v) is 3.10. The molecular weight excluding hydrogens is 281 g/mol. The highest BCUT2D eigenvalue weighted by atomic mass is 19.4. The van der Waals surface area contributed by atoms with Gasteiger partial charge in [0, 0.05) is 8.47 Å². The highest BCUT2D eigenvalue weighted by molar-refractivity contribution is 5.71. The van der Waals surface area contributed by atoms with Crippen LogP contribution in [0.3, 0.4) is 0 Å². The number of halogens is 3. The first-order valence-corrected chi connectivity index (χ1v) is 7.60. The number of carbonyl (C=O) groups is 1. The molecule has 1 saturated carbocycles. The van der Waals surface area contributed by atoms with E-state index in [1.165, 1.54) is 32.1 Å². The molecule has 0 radical (unpaired) electrons. The Balaban J connectivity index is -0.000000271. The second-order valence-electron chi connectivity index (χ2n) is 5.88. The van der Waals surface area contributed by atoms with Crippen molar-refractivity contribution in [2.45, 2.75) is 66.0 Å². The van der Waals surface area contributed by atoms with Gasteiger partial charge < -0.3 is 10.6 Å². The zero-order valence-corrected chi connectivity index (χ0v) is 14.0. The maximum atomic E-state index is 11.4. The Kier molecular flexibility index (Phi) is 12.4. The van der Waals surface area contributed by atoms with E-state index in [0.29, 0.717) is 4.90 Å². The summed E-state index contributed by atoms with van der Waals surface area (Å²) in [5.41, 5.74) is 4.53. The summed E-state index contributed by atoms with van der Waals surface area (Å²) in [6, 6.07) is -1.09. The van der Waals surface area contributed by atoms with E-state index in [1.54, 1.807) is 0 Å². The van der Waals surface area contributed by atoms with Crippen molar-refractivity contribution in [2.75, 3.05) is 13.6 Å². The summed E-state index contributed by atoms with van der Waals surface area (Å²) in [5.74, 6) is 2.04. The van der Waals surface area contributed by atoms with Crippen LogP contribution in [0.25, 0.3) is 0 Å². The maximum absolute atomic E-state index is 11.4. The van der Waals surface area contributed by atoms with Gasteiger partial charge in [0.1, 0.15) is 6.54 Å². The first-order chi connectivity index (χ1) is 9.53. The molecule has 2 amide bonds. The van der Waals surface area contributed by atoms with Crippen molar-refractivity contribution in [3.8, 4) is 0 Å². The molecule has 21 heavy (non-hydrogen) atoms. The number of nitrogens with two attached hydrogens (primary N) is 1. The summed E-state index contributed by atoms with van der Waals surface area (Å²) in [6.45, 7) is 7.68. The van der Waals surface area contributed by atoms with Gasteiger partial charge >= 0.3 is 12.2 Å². The normalized spacial score (nSPS) is 21.3. The van der Waals surface area contributed by atoms with Crippen molar-refractivity contribution < 1.29 is 19.4 Å². The molecule has 130 valence electrons. The van der Waals surface area contributed by atoms with Crippen LogP contribution in [0.2, 0.25) is 0 Å². The molecule has 6 heteroatoms. The molecule has 0 saturated heterocycles. The largest absolute Gasteiger partial charge is 0.406 e. The van der Waals surface area contributed by atoms with Crippen molar-refractivity contribution in [1.29, 1.82) is 0 Å². The van der Waals surface area contributed by atoms with Gasteiger partial charge in [0.15, 0.2) is 0 Å². The van der Waals surface area contributed by atoms with Crippen LogP contribution >= 0.6 is 0 Å². The standard InChI is InChI=1S/C8H16.C4H7F3N2O.C3H8.H2/c1-7-3-5-8(2)6-4-7;1-9(3(8)10)2-4(5,6)7;1-3-2;/h7-8H,3-6H2,1-2H3;2H2,1H3,(H2,8,10);3H2,1-2H3;1H. The molecule has 1 rings (SSSR count). The van der Waals surface area contributed by atoms with E-state index in [0.717, 1.165) is 18.9 Å². The minimum absolute atomic E-state index is 0. The molecule has 3 nitrogen and oxygen atoms in total. The van der Waals surface area contributed by atoms with Crippen LogP contribution in [0.5, 0.6) is 0 Å². The summed E-state index contributed by atoms with van der Waals surface area (Å²) in [6.07, 6.45) is 2.77. The first-order valence-electron chi connectivity index (χ1n) is 7.60. The Bertz CT molecular complexity index is 258. The number of alkyl halides is 3. The molecule has 1 fully saturated rings. The van der Waals surface area contributed by atoms with Gasteiger partial charge in [-0.25, -0.2) is 4.79 Å². The summed E-state index contributed by atoms with van der Waals surface area (Å²) in [5, 5.41) is 0. The molecule has 0 aromatic heterocycles. The van der Waals surface area contributed by atoms with Crippen LogP contribution in [0.1, 0.15) is 61.2 Å². The molecule has 0 heterocycles. The summed E-state index contributed by atoms with van der Waals surface area (Å²) >= 11 is 0. The highest BCUT2D eigenvalue weighted by Gasteiger charge is 2.30. The molecule has 0 aromatic carbocycles. The number of nitrogens with zero attached hydrogens (tertiary/aromatic N) is 1. The second kappa shape index (κ2) is 11.7. The summed E-state index contributed by atoms with van der Waals surface area (Å²) < 4.78 is 34.3. The van der Waals surface area contributed by atoms with Crippen LogP contribution in [-0.2, 0) is 0 Å². The minimum atomic E-state index is -4.37. The van der Waals surface area contributed by atoms with Gasteiger partial charge in [-0.1, -0.05) is 59.8 Å². The smallest absolute Gasteiger partial charge is 0.351 e. The van der Waals surface area contributed by atoms with Gasteiger partial charge in [-0.3, -0.25) is 0 Å². The lowest BCUT2D eigenvalue weighted by Gasteiger charge is -2.22. The van der Waals surface area contributed by atoms with Gasteiger partial charge in [-0.05, 0) is 11.8 Å². The van der Waals surface area contributed by atoms with Crippen LogP contribution in [0, 0.1) is 11.8 Å². The molecular formula is C15H33F3N2O. The molecule has 0 aromatic rings. The van der Waals surface area contributed by atoms with Crippen molar-refractivity contribution in [2.24, 2.45) is 17.6 Å². The molecule has 0 unspecified atom stereocenters. The number of carbonyl (C=O) groups excluding carboxylic acids is 1. The van der Waals surface area contributed by atoms with Crippen LogP contribution in [0.15, 0.2) is 0 Å². The first kappa shape index (κ1) is 22.3. The van der Waals surface area contributed by atoms with Crippen molar-refractivity contribution in [3.63, 3.8) is 0 Å². The van der Waals surface area contributed by atoms with Crippen molar-refractivity contribution in [1.82, 2.24) is 4.90 Å². The lowest BCUT2D eigenvalue weighted by Crippen LogP contribution is -2.39. The van der Waals surface area contributed by atoms with E-state index in [1.807, 2.05) is 0 Å². The fourth-order valence-corrected chi connectivity index (χ4v) is 1.77. The molecule has 0 aliphatic heterocycles. The zero-order valence-electron chi connectivity index (χ0n) is 14.0. The number of hydrogen-bond acceptors (Lipinski definition) is 1. The fraction of sp³-hybridized carbons (Fsp3) is 0.933. The van der Waals surface area contributed by atoms with Gasteiger partial charge in [-0.2, -0.15) is 13.2 Å². The number of rotatable bonds is 1. The van der Waals surface area contributed by atoms with Crippen molar-refractivity contribution >= 4 is 6.03 Å². The van der Waals surface area contributed by atoms with E-state index < -0.39 is 18.8 Å². The van der Waals surface area contributed by atoms with E-state index in [-0.39, 0.29) is 1.43 Å². The molecule has 2 N–H and O–H groups in total. The Morgan fingerprint density at radius 3 is 1.57 bits per heavy atom. The number of urea groups is 1. The third kappa shape index (κ3) is 17.0. The maximum Gasteiger partial charge on any atom is 0.406 e. The molecule has 0 atom stereocenters. The molecule has 1 aliphatic carbocycles. The lowest BCUT2D eigenvalue weighted by molar-refractivity contribution is -0.137. The number of primary amides is 1. The highest BCUT2D eigenvalue weighted by Crippen LogP contribution is 2.27. The summed E-state index contributed by atoms with van der Waals surface area (Å²) in [4.78, 5) is 10.4. The Morgan fingerprint density at radius 2 is 1.43 bits per heavy atom. The summed E-state index contributed by atoms with van der Waals surface area (Å²) in [7, 11) is 0.982. The van der Waals surface area contributed by atoms with Crippen LogP contribution in [0.4, 0.5) is 18.0 Å². The molecule has 0 spiro atoms. The monoisotopic (exact) mass is 314 g/mol. The fourth-order valence-electron chi connectivity index (χ4n) is 1.77. The topological polar surface area (TPSA) is 46.3 Å². The van der Waals surface area contributed by atoms with Gasteiger partial charge in [-0.15, -0.1) is 0 Å². The Labute approximate surface area is 128 Å². The van der Waals surface area contributed by atoms with Gasteiger partial charge in [0.05, 0.1) is 0 Å². The Morgan fingerprint density at radius 1 is 1.14 bits per heavy atom. The number of amides is 2. The predicted octanol–water partition coefficient (Wildman–Crippen LogP) is 5.05. The van der Waals surface area contributed by atoms with E-state index in [9.17, 15) is 18.0 Å². The van der Waals surface area contributed by atoms with E-state index in [4.69, 9.17) is 0 Å². The number of hydrogen-bond donors (Lipinski definition) is 1. The van der Waals surface area contributed by atoms with Crippen LogP contribution in [-0.4, -0.2) is 30.7 Å². The van der Waals surface area contributed by atoms with Gasteiger partial charge in [0.2, 0.25) is 0 Å². The zero-order chi connectivity index (χ0) is 17.1. The molecule has 1 aliphatic rings. The third-order valence-electron chi connectivity index (χ3n) is 3.10. The quantitative estimate of drug-likeness (QED) is 0.723. The van der Waals surface area contributed by atoms with Gasteiger partial charge in [0.25, 0.3) is 0 Å². The van der Waals surface area contributed by atoms with E-state index >= 15 is 0 Å². The SMILES string of the molecule is CC1CCC(C)CC1.CCC.CN(CC(F)(F)F)C(N)=O.[HH]. The average molecular weight is 314 g/mol. The van der Waals surface area contributed by atoms with Crippen molar-refractivity contribution in [3.05, 3.63) is 0 Å². The minimum Gasteiger partial charge on any atom is -0.351 e. The Hall–Kier alpha value is -0.940.